The lowest BCUT2D eigenvalue weighted by molar-refractivity contribution is 0.269. The van der Waals surface area contributed by atoms with Gasteiger partial charge < -0.3 is 25.1 Å². The molecule has 0 aliphatic heterocycles. The van der Waals surface area contributed by atoms with Gasteiger partial charge in [0.15, 0.2) is 11.5 Å². The SMILES string of the molecule is COc1cc(OCc2ccccc2)c([C@H](N)CCO)cc1OC. The molecule has 2 aromatic carbocycles. The molecule has 0 radical (unpaired) electrons. The quantitative estimate of drug-likeness (QED) is 0.783. The Morgan fingerprint density at radius 2 is 1.65 bits per heavy atom. The number of rotatable bonds is 8. The highest BCUT2D eigenvalue weighted by atomic mass is 16.5. The topological polar surface area (TPSA) is 73.9 Å². The zero-order valence-electron chi connectivity index (χ0n) is 13.5. The molecule has 5 heteroatoms. The minimum Gasteiger partial charge on any atom is -0.493 e. The first kappa shape index (κ1) is 17.1. The molecule has 0 heterocycles. The second-order valence-corrected chi connectivity index (χ2v) is 5.14. The van der Waals surface area contributed by atoms with Crippen LogP contribution in [0.1, 0.15) is 23.6 Å². The van der Waals surface area contributed by atoms with Crippen molar-refractivity contribution in [3.8, 4) is 17.2 Å². The molecule has 5 nitrogen and oxygen atoms in total. The van der Waals surface area contributed by atoms with Crippen molar-refractivity contribution in [3.63, 3.8) is 0 Å². The third kappa shape index (κ3) is 4.37. The van der Waals surface area contributed by atoms with Crippen LogP contribution in [0.4, 0.5) is 0 Å². The van der Waals surface area contributed by atoms with E-state index in [1.807, 2.05) is 30.3 Å². The average molecular weight is 317 g/mol. The fourth-order valence-electron chi connectivity index (χ4n) is 2.32. The zero-order valence-corrected chi connectivity index (χ0v) is 13.5. The number of ether oxygens (including phenoxy) is 3. The summed E-state index contributed by atoms with van der Waals surface area (Å²) >= 11 is 0. The van der Waals surface area contributed by atoms with E-state index >= 15 is 0 Å². The van der Waals surface area contributed by atoms with Crippen LogP contribution in [0, 0.1) is 0 Å². The van der Waals surface area contributed by atoms with Crippen LogP contribution in [0.15, 0.2) is 42.5 Å². The summed E-state index contributed by atoms with van der Waals surface area (Å²) < 4.78 is 16.6. The maximum Gasteiger partial charge on any atom is 0.164 e. The van der Waals surface area contributed by atoms with Crippen LogP contribution in [-0.2, 0) is 6.61 Å². The van der Waals surface area contributed by atoms with E-state index in [1.54, 1.807) is 26.4 Å². The summed E-state index contributed by atoms with van der Waals surface area (Å²) in [6.07, 6.45) is 0.442. The van der Waals surface area contributed by atoms with E-state index in [0.29, 0.717) is 30.3 Å². The van der Waals surface area contributed by atoms with Gasteiger partial charge in [0.05, 0.1) is 14.2 Å². The average Bonchev–Trinajstić information content (AvgIpc) is 2.60. The van der Waals surface area contributed by atoms with E-state index < -0.39 is 0 Å². The smallest absolute Gasteiger partial charge is 0.164 e. The molecule has 124 valence electrons. The summed E-state index contributed by atoms with van der Waals surface area (Å²) in [5.41, 5.74) is 8.00. The fraction of sp³-hybridized carbons (Fsp3) is 0.333. The van der Waals surface area contributed by atoms with E-state index in [0.717, 1.165) is 11.1 Å². The Bertz CT molecular complexity index is 616. The first-order valence-electron chi connectivity index (χ1n) is 7.48. The molecule has 0 saturated heterocycles. The Hall–Kier alpha value is -2.24. The van der Waals surface area contributed by atoms with E-state index in [9.17, 15) is 0 Å². The van der Waals surface area contributed by atoms with Crippen molar-refractivity contribution in [1.82, 2.24) is 0 Å². The lowest BCUT2D eigenvalue weighted by Crippen LogP contribution is -2.14. The molecule has 0 unspecified atom stereocenters. The number of nitrogens with two attached hydrogens (primary N) is 1. The van der Waals surface area contributed by atoms with Crippen LogP contribution in [-0.4, -0.2) is 25.9 Å². The van der Waals surface area contributed by atoms with Crippen molar-refractivity contribution >= 4 is 0 Å². The van der Waals surface area contributed by atoms with E-state index in [-0.39, 0.29) is 12.6 Å². The lowest BCUT2D eigenvalue weighted by atomic mass is 10.0. The number of hydrogen-bond donors (Lipinski definition) is 2. The maximum atomic E-state index is 9.15. The fourth-order valence-corrected chi connectivity index (χ4v) is 2.32. The van der Waals surface area contributed by atoms with Crippen LogP contribution in [0.3, 0.4) is 0 Å². The predicted molar refractivity (Wildman–Crippen MR) is 89.0 cm³/mol. The highest BCUT2D eigenvalue weighted by molar-refractivity contribution is 5.51. The monoisotopic (exact) mass is 317 g/mol. The summed E-state index contributed by atoms with van der Waals surface area (Å²) in [4.78, 5) is 0. The second-order valence-electron chi connectivity index (χ2n) is 5.14. The molecule has 0 aliphatic rings. The summed E-state index contributed by atoms with van der Waals surface area (Å²) in [7, 11) is 3.15. The Kier molecular flexibility index (Phi) is 6.26. The van der Waals surface area contributed by atoms with Gasteiger partial charge in [-0.1, -0.05) is 30.3 Å². The number of hydrogen-bond acceptors (Lipinski definition) is 5. The molecule has 2 rings (SSSR count). The van der Waals surface area contributed by atoms with Crippen molar-refractivity contribution in [1.29, 1.82) is 0 Å². The van der Waals surface area contributed by atoms with Crippen LogP contribution in [0.5, 0.6) is 17.2 Å². The standard InChI is InChI=1S/C18H23NO4/c1-21-17-10-14(15(19)8-9-20)16(11-18(17)22-2)23-12-13-6-4-3-5-7-13/h3-7,10-11,15,20H,8-9,12,19H2,1-2H3/t15-/m1/s1. The second kappa shape index (κ2) is 8.41. The zero-order chi connectivity index (χ0) is 16.7. The van der Waals surface area contributed by atoms with Crippen molar-refractivity contribution in [2.45, 2.75) is 19.1 Å². The predicted octanol–water partition coefficient (Wildman–Crippen LogP) is 2.67. The minimum absolute atomic E-state index is 0.00758. The molecule has 23 heavy (non-hydrogen) atoms. The van der Waals surface area contributed by atoms with Crippen LogP contribution in [0.25, 0.3) is 0 Å². The summed E-state index contributed by atoms with van der Waals surface area (Å²) in [5.74, 6) is 1.80. The molecule has 0 fully saturated rings. The van der Waals surface area contributed by atoms with Gasteiger partial charge in [-0.25, -0.2) is 0 Å². The van der Waals surface area contributed by atoms with E-state index in [1.165, 1.54) is 0 Å². The van der Waals surface area contributed by atoms with Gasteiger partial charge in [-0.3, -0.25) is 0 Å². The van der Waals surface area contributed by atoms with Gasteiger partial charge >= 0.3 is 0 Å². The Balaban J connectivity index is 2.30. The molecule has 1 atom stereocenters. The molecule has 3 N–H and O–H groups in total. The molecular weight excluding hydrogens is 294 g/mol. The molecule has 0 aliphatic carbocycles. The minimum atomic E-state index is -0.342. The molecule has 0 saturated carbocycles. The normalized spacial score (nSPS) is 11.8. The summed E-state index contributed by atoms with van der Waals surface area (Å²) in [6.45, 7) is 0.433. The Labute approximate surface area is 136 Å². The summed E-state index contributed by atoms with van der Waals surface area (Å²) in [6, 6.07) is 13.1. The van der Waals surface area contributed by atoms with Gasteiger partial charge in [-0.05, 0) is 18.1 Å². The maximum absolute atomic E-state index is 9.15. The van der Waals surface area contributed by atoms with Crippen molar-refractivity contribution < 1.29 is 19.3 Å². The highest BCUT2D eigenvalue weighted by Crippen LogP contribution is 2.38. The number of aliphatic hydroxyl groups is 1. The van der Waals surface area contributed by atoms with Gasteiger partial charge in [0.2, 0.25) is 0 Å². The van der Waals surface area contributed by atoms with Gasteiger partial charge in [-0.15, -0.1) is 0 Å². The Morgan fingerprint density at radius 1 is 1.00 bits per heavy atom. The highest BCUT2D eigenvalue weighted by Gasteiger charge is 2.17. The third-order valence-electron chi connectivity index (χ3n) is 3.59. The number of aliphatic hydroxyl groups excluding tert-OH is 1. The van der Waals surface area contributed by atoms with Crippen LogP contribution >= 0.6 is 0 Å². The van der Waals surface area contributed by atoms with E-state index in [4.69, 9.17) is 25.1 Å². The van der Waals surface area contributed by atoms with Crippen molar-refractivity contribution in [3.05, 3.63) is 53.6 Å². The number of benzene rings is 2. The molecule has 0 spiro atoms. The van der Waals surface area contributed by atoms with Gasteiger partial charge in [0.25, 0.3) is 0 Å². The van der Waals surface area contributed by atoms with Crippen molar-refractivity contribution in [2.24, 2.45) is 5.73 Å². The number of methoxy groups -OCH3 is 2. The largest absolute Gasteiger partial charge is 0.493 e. The Morgan fingerprint density at radius 3 is 2.26 bits per heavy atom. The van der Waals surface area contributed by atoms with Gasteiger partial charge in [0, 0.05) is 24.3 Å². The molecule has 0 bridgehead atoms. The third-order valence-corrected chi connectivity index (χ3v) is 3.59. The van der Waals surface area contributed by atoms with Gasteiger partial charge in [-0.2, -0.15) is 0 Å². The molecule has 2 aromatic rings. The molecule has 0 amide bonds. The first-order valence-corrected chi connectivity index (χ1v) is 7.48. The lowest BCUT2D eigenvalue weighted by Gasteiger charge is -2.19. The molecule has 0 aromatic heterocycles. The summed E-state index contributed by atoms with van der Waals surface area (Å²) in [5, 5.41) is 9.15. The van der Waals surface area contributed by atoms with Crippen LogP contribution < -0.4 is 19.9 Å². The van der Waals surface area contributed by atoms with Crippen LogP contribution in [0.2, 0.25) is 0 Å². The van der Waals surface area contributed by atoms with Gasteiger partial charge in [0.1, 0.15) is 12.4 Å². The van der Waals surface area contributed by atoms with E-state index in [2.05, 4.69) is 0 Å². The van der Waals surface area contributed by atoms with Crippen molar-refractivity contribution in [2.75, 3.05) is 20.8 Å². The molecular formula is C18H23NO4. The first-order chi connectivity index (χ1) is 11.2.